The van der Waals surface area contributed by atoms with Gasteiger partial charge in [-0.15, -0.1) is 0 Å². The Balaban J connectivity index is 1.47. The van der Waals surface area contributed by atoms with Gasteiger partial charge in [0.05, 0.1) is 24.9 Å². The van der Waals surface area contributed by atoms with Crippen molar-refractivity contribution in [2.45, 2.75) is 25.5 Å². The van der Waals surface area contributed by atoms with E-state index in [2.05, 4.69) is 4.98 Å². The minimum absolute atomic E-state index is 0.0701. The topological polar surface area (TPSA) is 79.6 Å². The molecular formula is C23H26N3O3+. The number of aliphatic hydroxyl groups excluding tert-OH is 1. The van der Waals surface area contributed by atoms with Crippen LogP contribution in [0.4, 0.5) is 0 Å². The number of hydrogen-bond donors (Lipinski definition) is 3. The number of hydrogen-bond acceptors (Lipinski definition) is 4. The summed E-state index contributed by atoms with van der Waals surface area (Å²) in [6, 6.07) is 17.4. The summed E-state index contributed by atoms with van der Waals surface area (Å²) in [6.07, 6.45) is 0.761. The lowest BCUT2D eigenvalue weighted by Gasteiger charge is -2.27. The molecule has 6 nitrogen and oxygen atoms in total. The molecule has 0 fully saturated rings. The molecule has 1 unspecified atom stereocenters. The molecule has 2 atom stereocenters. The van der Waals surface area contributed by atoms with E-state index >= 15 is 0 Å². The number of nitrogens with zero attached hydrogens (tertiary/aromatic N) is 1. The molecule has 2 aromatic carbocycles. The van der Waals surface area contributed by atoms with Crippen molar-refractivity contribution >= 4 is 0 Å². The van der Waals surface area contributed by atoms with Gasteiger partial charge in [-0.3, -0.25) is 4.79 Å². The van der Waals surface area contributed by atoms with Crippen molar-refractivity contribution in [3.63, 3.8) is 0 Å². The summed E-state index contributed by atoms with van der Waals surface area (Å²) in [7, 11) is 1.64. The fraction of sp³-hybridized carbons (Fsp3) is 0.304. The van der Waals surface area contributed by atoms with Crippen LogP contribution in [0.15, 0.2) is 59.4 Å². The zero-order chi connectivity index (χ0) is 20.2. The van der Waals surface area contributed by atoms with Gasteiger partial charge in [-0.05, 0) is 23.3 Å². The second-order valence-electron chi connectivity index (χ2n) is 7.52. The van der Waals surface area contributed by atoms with Crippen molar-refractivity contribution in [2.24, 2.45) is 0 Å². The van der Waals surface area contributed by atoms with Crippen LogP contribution in [0.1, 0.15) is 34.3 Å². The highest BCUT2D eigenvalue weighted by Crippen LogP contribution is 2.15. The molecule has 0 saturated heterocycles. The van der Waals surface area contributed by atoms with Crippen LogP contribution in [0.2, 0.25) is 0 Å². The molecule has 3 N–H and O–H groups in total. The first-order valence-electron chi connectivity index (χ1n) is 9.93. The maximum absolute atomic E-state index is 12.7. The number of aromatic amines is 1. The molecule has 0 saturated carbocycles. The maximum Gasteiger partial charge on any atom is 0.260 e. The summed E-state index contributed by atoms with van der Waals surface area (Å²) in [6.45, 7) is 2.02. The van der Waals surface area contributed by atoms with Gasteiger partial charge in [0.1, 0.15) is 30.8 Å². The molecule has 0 aliphatic carbocycles. The Morgan fingerprint density at radius 1 is 1.21 bits per heavy atom. The van der Waals surface area contributed by atoms with Gasteiger partial charge < -0.3 is 19.7 Å². The van der Waals surface area contributed by atoms with E-state index in [1.54, 1.807) is 7.11 Å². The molecule has 150 valence electrons. The Morgan fingerprint density at radius 3 is 2.83 bits per heavy atom. The van der Waals surface area contributed by atoms with Gasteiger partial charge in [-0.1, -0.05) is 42.5 Å². The molecule has 0 bridgehead atoms. The van der Waals surface area contributed by atoms with E-state index in [9.17, 15) is 9.90 Å². The third-order valence-electron chi connectivity index (χ3n) is 5.46. The van der Waals surface area contributed by atoms with Crippen LogP contribution in [-0.2, 0) is 19.4 Å². The van der Waals surface area contributed by atoms with Crippen molar-refractivity contribution in [3.05, 3.63) is 93.2 Å². The zero-order valence-corrected chi connectivity index (χ0v) is 16.5. The third kappa shape index (κ3) is 4.55. The zero-order valence-electron chi connectivity index (χ0n) is 16.5. The molecule has 3 aromatic rings. The molecule has 2 heterocycles. The van der Waals surface area contributed by atoms with Crippen LogP contribution < -0.4 is 15.2 Å². The third-order valence-corrected chi connectivity index (χ3v) is 5.46. The van der Waals surface area contributed by atoms with Crippen molar-refractivity contribution < 1.29 is 14.7 Å². The first kappa shape index (κ1) is 19.4. The number of rotatable bonds is 6. The first-order valence-corrected chi connectivity index (χ1v) is 9.93. The molecule has 1 aliphatic rings. The van der Waals surface area contributed by atoms with Crippen molar-refractivity contribution in [1.29, 1.82) is 0 Å². The highest BCUT2D eigenvalue weighted by atomic mass is 16.5. The monoisotopic (exact) mass is 392 g/mol. The number of H-pyrrole nitrogens is 1. The molecule has 0 amide bonds. The van der Waals surface area contributed by atoms with Gasteiger partial charge in [0.25, 0.3) is 5.56 Å². The molecule has 4 rings (SSSR count). The van der Waals surface area contributed by atoms with Crippen LogP contribution in [0.3, 0.4) is 0 Å². The Kier molecular flexibility index (Phi) is 5.74. The van der Waals surface area contributed by atoms with Gasteiger partial charge in [0.15, 0.2) is 0 Å². The van der Waals surface area contributed by atoms with E-state index in [1.165, 1.54) is 4.90 Å². The van der Waals surface area contributed by atoms with Gasteiger partial charge in [0, 0.05) is 12.8 Å². The largest absolute Gasteiger partial charge is 0.497 e. The highest BCUT2D eigenvalue weighted by molar-refractivity contribution is 5.30. The number of methoxy groups -OCH3 is 1. The fourth-order valence-electron chi connectivity index (χ4n) is 3.92. The average molecular weight is 392 g/mol. The van der Waals surface area contributed by atoms with E-state index in [1.807, 2.05) is 54.6 Å². The van der Waals surface area contributed by atoms with E-state index < -0.39 is 6.10 Å². The molecule has 0 radical (unpaired) electrons. The van der Waals surface area contributed by atoms with Crippen LogP contribution in [0.25, 0.3) is 0 Å². The Labute approximate surface area is 169 Å². The van der Waals surface area contributed by atoms with E-state index in [-0.39, 0.29) is 5.56 Å². The number of ether oxygens (including phenoxy) is 1. The smallest absolute Gasteiger partial charge is 0.260 e. The van der Waals surface area contributed by atoms with E-state index in [0.29, 0.717) is 25.3 Å². The van der Waals surface area contributed by atoms with Gasteiger partial charge in [0.2, 0.25) is 0 Å². The number of fused-ring (bicyclic) bond motifs is 1. The molecular weight excluding hydrogens is 366 g/mol. The van der Waals surface area contributed by atoms with E-state index in [0.717, 1.165) is 41.1 Å². The van der Waals surface area contributed by atoms with Gasteiger partial charge in [-0.25, -0.2) is 4.98 Å². The summed E-state index contributed by atoms with van der Waals surface area (Å²) in [4.78, 5) is 21.6. The maximum atomic E-state index is 12.7. The number of nitrogens with one attached hydrogen (secondary N) is 2. The Morgan fingerprint density at radius 2 is 2.03 bits per heavy atom. The standard InChI is InChI=1S/C23H25N3O3/c1-29-18-9-5-6-16(12-18)13-22-24-20-10-11-26(14-19(20)23(28)25-22)15-21(27)17-7-3-2-4-8-17/h2-9,12,21,27H,10-11,13-15H2,1H3,(H,24,25,28)/p+1/t21-/m1/s1. The van der Waals surface area contributed by atoms with Crippen LogP contribution >= 0.6 is 0 Å². The number of benzene rings is 2. The summed E-state index contributed by atoms with van der Waals surface area (Å²) < 4.78 is 5.27. The quantitative estimate of drug-likeness (QED) is 0.586. The lowest BCUT2D eigenvalue weighted by Crippen LogP contribution is -3.12. The van der Waals surface area contributed by atoms with Crippen LogP contribution in [0.5, 0.6) is 5.75 Å². The normalized spacial score (nSPS) is 16.8. The summed E-state index contributed by atoms with van der Waals surface area (Å²) in [5.74, 6) is 1.47. The number of aliphatic hydroxyl groups is 1. The van der Waals surface area contributed by atoms with Crippen molar-refractivity contribution in [1.82, 2.24) is 9.97 Å². The Hall–Kier alpha value is -2.96. The predicted molar refractivity (Wildman–Crippen MR) is 110 cm³/mol. The lowest BCUT2D eigenvalue weighted by atomic mass is 10.0. The molecule has 29 heavy (non-hydrogen) atoms. The molecule has 0 spiro atoms. The Bertz CT molecular complexity index is 1030. The summed E-state index contributed by atoms with van der Waals surface area (Å²) in [5.41, 5.74) is 3.50. The molecule has 6 heteroatoms. The molecule has 1 aromatic heterocycles. The molecule has 1 aliphatic heterocycles. The van der Waals surface area contributed by atoms with Gasteiger partial charge in [-0.2, -0.15) is 0 Å². The second kappa shape index (κ2) is 8.59. The summed E-state index contributed by atoms with van der Waals surface area (Å²) in [5, 5.41) is 10.5. The van der Waals surface area contributed by atoms with Crippen molar-refractivity contribution in [2.75, 3.05) is 20.2 Å². The average Bonchev–Trinajstić information content (AvgIpc) is 2.75. The summed E-state index contributed by atoms with van der Waals surface area (Å²) >= 11 is 0. The minimum Gasteiger partial charge on any atom is -0.497 e. The van der Waals surface area contributed by atoms with Crippen molar-refractivity contribution in [3.8, 4) is 5.75 Å². The number of aromatic nitrogens is 2. The highest BCUT2D eigenvalue weighted by Gasteiger charge is 2.26. The predicted octanol–water partition coefficient (Wildman–Crippen LogP) is 1.04. The minimum atomic E-state index is -0.535. The fourth-order valence-corrected chi connectivity index (χ4v) is 3.92. The van der Waals surface area contributed by atoms with Crippen LogP contribution in [0, 0.1) is 0 Å². The van der Waals surface area contributed by atoms with E-state index in [4.69, 9.17) is 9.72 Å². The van der Waals surface area contributed by atoms with Crippen LogP contribution in [-0.4, -0.2) is 35.3 Å². The number of quaternary nitrogens is 1. The van der Waals surface area contributed by atoms with Gasteiger partial charge >= 0.3 is 0 Å². The lowest BCUT2D eigenvalue weighted by molar-refractivity contribution is -0.919. The first-order chi connectivity index (χ1) is 14.1. The SMILES string of the molecule is COc1cccc(Cc2nc3c(c(=O)[nH]2)C[NH+](C[C@@H](O)c2ccccc2)CC3)c1. The second-order valence-corrected chi connectivity index (χ2v) is 7.52.